The number of rotatable bonds is 5. The first-order valence-corrected chi connectivity index (χ1v) is 5.95. The van der Waals surface area contributed by atoms with Crippen molar-refractivity contribution in [3.05, 3.63) is 4.77 Å². The van der Waals surface area contributed by atoms with Crippen molar-refractivity contribution in [2.45, 2.75) is 19.4 Å². The lowest BCUT2D eigenvalue weighted by Crippen LogP contribution is -2.03. The molecule has 3 N–H and O–H groups in total. The molecule has 0 aliphatic heterocycles. The van der Waals surface area contributed by atoms with Crippen molar-refractivity contribution in [2.24, 2.45) is 0 Å². The Kier molecular flexibility index (Phi) is 4.31. The molecule has 4 nitrogen and oxygen atoms in total. The van der Waals surface area contributed by atoms with E-state index >= 15 is 0 Å². The highest BCUT2D eigenvalue weighted by Crippen LogP contribution is 2.05. The van der Waals surface area contributed by atoms with Gasteiger partial charge in [-0.3, -0.25) is 4.57 Å². The van der Waals surface area contributed by atoms with Gasteiger partial charge in [-0.05, 0) is 37.1 Å². The van der Waals surface area contributed by atoms with Crippen molar-refractivity contribution >= 4 is 29.9 Å². The summed E-state index contributed by atoms with van der Waals surface area (Å²) in [5.74, 6) is 1.67. The van der Waals surface area contributed by atoms with Crippen LogP contribution in [0.25, 0.3) is 0 Å². The number of hydrogen-bond acceptors (Lipinski definition) is 4. The van der Waals surface area contributed by atoms with E-state index in [-0.39, 0.29) is 0 Å². The number of anilines is 1. The van der Waals surface area contributed by atoms with Gasteiger partial charge < -0.3 is 5.73 Å². The Balaban J connectivity index is 2.40. The zero-order valence-electron chi connectivity index (χ0n) is 7.62. The van der Waals surface area contributed by atoms with Gasteiger partial charge in [0.1, 0.15) is 0 Å². The van der Waals surface area contributed by atoms with Crippen LogP contribution in [0.1, 0.15) is 12.8 Å². The molecule has 6 heteroatoms. The van der Waals surface area contributed by atoms with Gasteiger partial charge in [-0.2, -0.15) is 11.8 Å². The Hall–Kier alpha value is -0.490. The maximum Gasteiger partial charge on any atom is 0.220 e. The van der Waals surface area contributed by atoms with Crippen molar-refractivity contribution < 1.29 is 0 Å². The molecule has 1 aromatic heterocycles. The molecular formula is C7H14N4S2. The number of aromatic amines is 1. The third-order valence-corrected chi connectivity index (χ3v) is 2.78. The Labute approximate surface area is 86.9 Å². The largest absolute Gasteiger partial charge is 0.368 e. The molecule has 74 valence electrons. The first-order valence-electron chi connectivity index (χ1n) is 4.15. The van der Waals surface area contributed by atoms with E-state index < -0.39 is 0 Å². The lowest BCUT2D eigenvalue weighted by molar-refractivity contribution is 0.634. The van der Waals surface area contributed by atoms with Crippen LogP contribution in [0.5, 0.6) is 0 Å². The van der Waals surface area contributed by atoms with Gasteiger partial charge >= 0.3 is 0 Å². The number of nitrogens with one attached hydrogen (secondary N) is 1. The minimum Gasteiger partial charge on any atom is -0.368 e. The Bertz CT molecular complexity index is 304. The van der Waals surface area contributed by atoms with Crippen molar-refractivity contribution in [3.63, 3.8) is 0 Å². The molecule has 0 radical (unpaired) electrons. The fourth-order valence-electron chi connectivity index (χ4n) is 1.06. The molecule has 13 heavy (non-hydrogen) atoms. The minimum absolute atomic E-state index is 0.481. The van der Waals surface area contributed by atoms with E-state index in [0.29, 0.717) is 10.7 Å². The Morgan fingerprint density at radius 2 is 2.38 bits per heavy atom. The quantitative estimate of drug-likeness (QED) is 0.583. The van der Waals surface area contributed by atoms with Crippen LogP contribution in [0, 0.1) is 4.77 Å². The summed E-state index contributed by atoms with van der Waals surface area (Å²) in [4.78, 5) is 0. The standard InChI is InChI=1S/C7H14N4S2/c1-13-5-3-2-4-11-6(8)9-10-7(11)12/h2-5H2,1H3,(H2,8,9)(H,10,12). The van der Waals surface area contributed by atoms with Crippen LogP contribution in [-0.4, -0.2) is 26.8 Å². The maximum atomic E-state index is 5.60. The molecule has 1 rings (SSSR count). The van der Waals surface area contributed by atoms with Crippen molar-refractivity contribution in [1.82, 2.24) is 14.8 Å². The molecule has 0 unspecified atom stereocenters. The zero-order chi connectivity index (χ0) is 9.68. The van der Waals surface area contributed by atoms with Crippen LogP contribution in [0.2, 0.25) is 0 Å². The van der Waals surface area contributed by atoms with Crippen molar-refractivity contribution in [2.75, 3.05) is 17.7 Å². The molecule has 0 bridgehead atoms. The summed E-state index contributed by atoms with van der Waals surface area (Å²) >= 11 is 6.87. The highest BCUT2D eigenvalue weighted by molar-refractivity contribution is 7.98. The smallest absolute Gasteiger partial charge is 0.220 e. The van der Waals surface area contributed by atoms with Crippen LogP contribution in [0.4, 0.5) is 5.95 Å². The number of thioether (sulfide) groups is 1. The molecule has 0 spiro atoms. The van der Waals surface area contributed by atoms with Crippen LogP contribution in [-0.2, 0) is 6.54 Å². The van der Waals surface area contributed by atoms with E-state index in [2.05, 4.69) is 16.5 Å². The van der Waals surface area contributed by atoms with Gasteiger partial charge in [0.05, 0.1) is 0 Å². The number of nitrogens with zero attached hydrogens (tertiary/aromatic N) is 2. The summed E-state index contributed by atoms with van der Waals surface area (Å²) in [5, 5.41) is 6.50. The van der Waals surface area contributed by atoms with Crippen LogP contribution in [0.3, 0.4) is 0 Å². The first-order chi connectivity index (χ1) is 6.25. The predicted octanol–water partition coefficient (Wildman–Crippen LogP) is 1.67. The second-order valence-corrected chi connectivity index (χ2v) is 4.11. The summed E-state index contributed by atoms with van der Waals surface area (Å²) in [5.41, 5.74) is 5.60. The molecule has 0 amide bonds. The topological polar surface area (TPSA) is 59.6 Å². The van der Waals surface area contributed by atoms with E-state index in [1.165, 1.54) is 12.2 Å². The van der Waals surface area contributed by atoms with Crippen LogP contribution in [0.15, 0.2) is 0 Å². The van der Waals surface area contributed by atoms with Gasteiger partial charge in [-0.15, -0.1) is 5.10 Å². The average Bonchev–Trinajstić information content (AvgIpc) is 2.42. The minimum atomic E-state index is 0.481. The monoisotopic (exact) mass is 218 g/mol. The zero-order valence-corrected chi connectivity index (χ0v) is 9.25. The second kappa shape index (κ2) is 5.29. The molecule has 0 aliphatic rings. The SMILES string of the molecule is CSCCCCn1c(N)n[nH]c1=S. The van der Waals surface area contributed by atoms with Gasteiger partial charge in [-0.25, -0.2) is 5.10 Å². The molecule has 0 fully saturated rings. The Morgan fingerprint density at radius 1 is 1.62 bits per heavy atom. The fourth-order valence-corrected chi connectivity index (χ4v) is 1.79. The number of nitrogens with two attached hydrogens (primary N) is 1. The third kappa shape index (κ3) is 3.04. The number of aromatic nitrogens is 3. The molecule has 0 atom stereocenters. The average molecular weight is 218 g/mol. The first kappa shape index (κ1) is 10.6. The summed E-state index contributed by atoms with van der Waals surface area (Å²) in [6.45, 7) is 0.863. The van der Waals surface area contributed by atoms with Gasteiger partial charge in [0.15, 0.2) is 4.77 Å². The van der Waals surface area contributed by atoms with Gasteiger partial charge in [0.2, 0.25) is 5.95 Å². The van der Waals surface area contributed by atoms with Crippen LogP contribution < -0.4 is 5.73 Å². The number of H-pyrrole nitrogens is 1. The number of nitrogen functional groups attached to an aromatic ring is 1. The van der Waals surface area contributed by atoms with Gasteiger partial charge in [-0.1, -0.05) is 0 Å². The third-order valence-electron chi connectivity index (χ3n) is 1.77. The number of hydrogen-bond donors (Lipinski definition) is 2. The fraction of sp³-hybridized carbons (Fsp3) is 0.714. The number of unbranched alkanes of at least 4 members (excludes halogenated alkanes) is 1. The molecule has 1 heterocycles. The normalized spacial score (nSPS) is 10.5. The van der Waals surface area contributed by atoms with E-state index in [4.69, 9.17) is 18.0 Å². The molecule has 0 aromatic carbocycles. The van der Waals surface area contributed by atoms with Gasteiger partial charge in [0, 0.05) is 6.54 Å². The summed E-state index contributed by atoms with van der Waals surface area (Å²) in [6, 6.07) is 0. The highest BCUT2D eigenvalue weighted by Gasteiger charge is 1.99. The molecular weight excluding hydrogens is 204 g/mol. The second-order valence-electron chi connectivity index (χ2n) is 2.74. The van der Waals surface area contributed by atoms with E-state index in [9.17, 15) is 0 Å². The summed E-state index contributed by atoms with van der Waals surface area (Å²) in [6.07, 6.45) is 4.39. The summed E-state index contributed by atoms with van der Waals surface area (Å²) in [7, 11) is 0. The Morgan fingerprint density at radius 3 is 2.92 bits per heavy atom. The lowest BCUT2D eigenvalue weighted by atomic mass is 10.3. The lowest BCUT2D eigenvalue weighted by Gasteiger charge is -2.02. The van der Waals surface area contributed by atoms with Crippen LogP contribution >= 0.6 is 24.0 Å². The molecule has 1 aromatic rings. The van der Waals surface area contributed by atoms with Crippen molar-refractivity contribution in [1.29, 1.82) is 0 Å². The van der Waals surface area contributed by atoms with Gasteiger partial charge in [0.25, 0.3) is 0 Å². The van der Waals surface area contributed by atoms with Crippen molar-refractivity contribution in [3.8, 4) is 0 Å². The molecule has 0 saturated carbocycles. The highest BCUT2D eigenvalue weighted by atomic mass is 32.2. The van der Waals surface area contributed by atoms with E-state index in [1.54, 1.807) is 0 Å². The van der Waals surface area contributed by atoms with E-state index in [1.807, 2.05) is 16.3 Å². The maximum absolute atomic E-state index is 5.60. The molecule has 0 saturated heterocycles. The molecule has 0 aliphatic carbocycles. The summed E-state index contributed by atoms with van der Waals surface area (Å²) < 4.78 is 2.44. The van der Waals surface area contributed by atoms with E-state index in [0.717, 1.165) is 13.0 Å². The predicted molar refractivity (Wildman–Crippen MR) is 59.4 cm³/mol.